The molecule has 96 valence electrons. The van der Waals surface area contributed by atoms with Crippen LogP contribution in [-0.4, -0.2) is 14.6 Å². The Balaban J connectivity index is 1.84. The lowest BCUT2D eigenvalue weighted by Gasteiger charge is -2.10. The molecule has 0 saturated carbocycles. The first-order chi connectivity index (χ1) is 9.38. The number of rotatable bonds is 4. The normalized spacial score (nSPS) is 10.8. The zero-order valence-corrected chi connectivity index (χ0v) is 10.9. The summed E-state index contributed by atoms with van der Waals surface area (Å²) >= 11 is 0. The van der Waals surface area contributed by atoms with Gasteiger partial charge in [0.1, 0.15) is 5.52 Å². The Labute approximate surface area is 112 Å². The van der Waals surface area contributed by atoms with Gasteiger partial charge in [0.25, 0.3) is 0 Å². The van der Waals surface area contributed by atoms with E-state index in [1.807, 2.05) is 16.8 Å². The van der Waals surface area contributed by atoms with Crippen LogP contribution in [0.2, 0.25) is 0 Å². The quantitative estimate of drug-likeness (QED) is 0.776. The van der Waals surface area contributed by atoms with Gasteiger partial charge in [0.2, 0.25) is 0 Å². The molecule has 3 aromatic rings. The number of fused-ring (bicyclic) bond motifs is 1. The van der Waals surface area contributed by atoms with E-state index in [-0.39, 0.29) is 0 Å². The van der Waals surface area contributed by atoms with Crippen molar-refractivity contribution in [3.8, 4) is 0 Å². The third-order valence-corrected chi connectivity index (χ3v) is 3.27. The number of anilines is 1. The van der Waals surface area contributed by atoms with Crippen LogP contribution in [0.25, 0.3) is 5.52 Å². The Bertz CT molecular complexity index is 687. The predicted molar refractivity (Wildman–Crippen MR) is 76.1 cm³/mol. The van der Waals surface area contributed by atoms with Gasteiger partial charge in [0, 0.05) is 18.9 Å². The molecule has 0 spiro atoms. The molecule has 1 N–H and O–H groups in total. The van der Waals surface area contributed by atoms with Gasteiger partial charge in [-0.3, -0.25) is 0 Å². The van der Waals surface area contributed by atoms with E-state index in [1.54, 1.807) is 12.4 Å². The van der Waals surface area contributed by atoms with Crippen LogP contribution >= 0.6 is 0 Å². The summed E-state index contributed by atoms with van der Waals surface area (Å²) in [5.74, 6) is 0.867. The molecule has 2 aromatic heterocycles. The maximum atomic E-state index is 4.38. The first-order valence-corrected chi connectivity index (χ1v) is 6.47. The minimum Gasteiger partial charge on any atom is -0.364 e. The molecule has 0 atom stereocenters. The minimum atomic E-state index is 0.780. The van der Waals surface area contributed by atoms with Crippen molar-refractivity contribution in [3.05, 3.63) is 60.0 Å². The minimum absolute atomic E-state index is 0.780. The van der Waals surface area contributed by atoms with Crippen molar-refractivity contribution < 1.29 is 0 Å². The molecular formula is C15H16N4. The zero-order chi connectivity index (χ0) is 13.1. The van der Waals surface area contributed by atoms with E-state index >= 15 is 0 Å². The average Bonchev–Trinajstić information content (AvgIpc) is 2.94. The van der Waals surface area contributed by atoms with Gasteiger partial charge in [-0.05, 0) is 23.6 Å². The lowest BCUT2D eigenvalue weighted by molar-refractivity contribution is 0.940. The lowest BCUT2D eigenvalue weighted by Crippen LogP contribution is -2.05. The summed E-state index contributed by atoms with van der Waals surface area (Å²) in [7, 11) is 0. The zero-order valence-electron chi connectivity index (χ0n) is 10.9. The van der Waals surface area contributed by atoms with Gasteiger partial charge < -0.3 is 5.32 Å². The topological polar surface area (TPSA) is 42.2 Å². The number of aryl methyl sites for hydroxylation is 1. The molecule has 4 heteroatoms. The number of benzene rings is 1. The van der Waals surface area contributed by atoms with E-state index < -0.39 is 0 Å². The molecule has 0 fully saturated rings. The highest BCUT2D eigenvalue weighted by molar-refractivity contribution is 5.66. The molecule has 0 radical (unpaired) electrons. The first kappa shape index (κ1) is 11.7. The van der Waals surface area contributed by atoms with Gasteiger partial charge in [0.05, 0.1) is 6.20 Å². The fourth-order valence-electron chi connectivity index (χ4n) is 2.25. The Kier molecular flexibility index (Phi) is 3.14. The highest BCUT2D eigenvalue weighted by Gasteiger charge is 2.04. The van der Waals surface area contributed by atoms with Crippen molar-refractivity contribution in [3.63, 3.8) is 0 Å². The van der Waals surface area contributed by atoms with Crippen molar-refractivity contribution in [2.24, 2.45) is 0 Å². The van der Waals surface area contributed by atoms with Crippen LogP contribution in [0.1, 0.15) is 18.1 Å². The van der Waals surface area contributed by atoms with Crippen LogP contribution in [0.5, 0.6) is 0 Å². The van der Waals surface area contributed by atoms with Gasteiger partial charge in [-0.2, -0.15) is 5.10 Å². The Morgan fingerprint density at radius 2 is 1.95 bits per heavy atom. The smallest absolute Gasteiger partial charge is 0.152 e. The van der Waals surface area contributed by atoms with Crippen molar-refractivity contribution >= 4 is 11.3 Å². The van der Waals surface area contributed by atoms with Gasteiger partial charge in [-0.25, -0.2) is 9.50 Å². The van der Waals surface area contributed by atoms with Crippen LogP contribution in [0.4, 0.5) is 5.82 Å². The first-order valence-electron chi connectivity index (χ1n) is 6.47. The summed E-state index contributed by atoms with van der Waals surface area (Å²) in [6.45, 7) is 2.95. The van der Waals surface area contributed by atoms with Gasteiger partial charge >= 0.3 is 0 Å². The molecule has 0 aliphatic carbocycles. The van der Waals surface area contributed by atoms with Crippen LogP contribution in [0.3, 0.4) is 0 Å². The molecule has 19 heavy (non-hydrogen) atoms. The predicted octanol–water partition coefficient (Wildman–Crippen LogP) is 2.90. The highest BCUT2D eigenvalue weighted by Crippen LogP contribution is 2.15. The molecule has 0 amide bonds. The summed E-state index contributed by atoms with van der Waals surface area (Å²) < 4.78 is 1.82. The van der Waals surface area contributed by atoms with Crippen molar-refractivity contribution in [1.82, 2.24) is 14.6 Å². The third-order valence-electron chi connectivity index (χ3n) is 3.27. The molecule has 0 aliphatic rings. The summed E-state index contributed by atoms with van der Waals surface area (Å²) in [5, 5.41) is 7.60. The maximum absolute atomic E-state index is 4.38. The third kappa shape index (κ3) is 2.29. The summed E-state index contributed by atoms with van der Waals surface area (Å²) in [4.78, 5) is 4.38. The molecule has 0 unspecified atom stereocenters. The Hall–Kier alpha value is -2.36. The maximum Gasteiger partial charge on any atom is 0.152 e. The second-order valence-corrected chi connectivity index (χ2v) is 4.41. The van der Waals surface area contributed by atoms with E-state index in [1.165, 1.54) is 11.1 Å². The number of nitrogens with one attached hydrogen (secondary N) is 1. The second-order valence-electron chi connectivity index (χ2n) is 4.41. The number of aromatic nitrogens is 3. The molecule has 4 nitrogen and oxygen atoms in total. The highest BCUT2D eigenvalue weighted by atomic mass is 15.2. The van der Waals surface area contributed by atoms with Gasteiger partial charge in [-0.1, -0.05) is 31.2 Å². The van der Waals surface area contributed by atoms with E-state index in [4.69, 9.17) is 0 Å². The Morgan fingerprint density at radius 1 is 1.11 bits per heavy atom. The SMILES string of the molecule is CCc1ccccc1CNc1nccn2nccc12. The van der Waals surface area contributed by atoms with E-state index in [0.717, 1.165) is 24.3 Å². The monoisotopic (exact) mass is 252 g/mol. The molecular weight excluding hydrogens is 236 g/mol. The van der Waals surface area contributed by atoms with E-state index in [2.05, 4.69) is 46.6 Å². The summed E-state index contributed by atoms with van der Waals surface area (Å²) in [6.07, 6.45) is 6.43. The number of nitrogens with zero attached hydrogens (tertiary/aromatic N) is 3. The van der Waals surface area contributed by atoms with Crippen LogP contribution in [0.15, 0.2) is 48.9 Å². The molecule has 0 bridgehead atoms. The fraction of sp³-hybridized carbons (Fsp3) is 0.200. The average molecular weight is 252 g/mol. The standard InChI is InChI=1S/C15H16N4/c1-2-12-5-3-4-6-13(12)11-17-15-14-7-8-18-19(14)10-9-16-15/h3-10H,2,11H2,1H3,(H,16,17). The summed E-state index contributed by atoms with van der Waals surface area (Å²) in [6, 6.07) is 10.4. The van der Waals surface area contributed by atoms with Gasteiger partial charge in [-0.15, -0.1) is 0 Å². The largest absolute Gasteiger partial charge is 0.364 e. The number of hydrogen-bond acceptors (Lipinski definition) is 3. The van der Waals surface area contributed by atoms with Crippen molar-refractivity contribution in [2.75, 3.05) is 5.32 Å². The fourth-order valence-corrected chi connectivity index (χ4v) is 2.25. The van der Waals surface area contributed by atoms with Crippen LogP contribution < -0.4 is 5.32 Å². The molecule has 3 rings (SSSR count). The molecule has 2 heterocycles. The number of hydrogen-bond donors (Lipinski definition) is 1. The van der Waals surface area contributed by atoms with E-state index in [0.29, 0.717) is 0 Å². The lowest BCUT2D eigenvalue weighted by atomic mass is 10.1. The molecule has 0 saturated heterocycles. The molecule has 1 aromatic carbocycles. The second kappa shape index (κ2) is 5.10. The van der Waals surface area contributed by atoms with E-state index in [9.17, 15) is 0 Å². The van der Waals surface area contributed by atoms with Gasteiger partial charge in [0.15, 0.2) is 5.82 Å². The van der Waals surface area contributed by atoms with Crippen molar-refractivity contribution in [2.45, 2.75) is 19.9 Å². The summed E-state index contributed by atoms with van der Waals surface area (Å²) in [5.41, 5.74) is 3.68. The van der Waals surface area contributed by atoms with Crippen LogP contribution in [-0.2, 0) is 13.0 Å². The Morgan fingerprint density at radius 3 is 2.79 bits per heavy atom. The van der Waals surface area contributed by atoms with Crippen LogP contribution in [0, 0.1) is 0 Å². The molecule has 0 aliphatic heterocycles. The van der Waals surface area contributed by atoms with Crippen molar-refractivity contribution in [1.29, 1.82) is 0 Å².